The molecule has 0 aromatic heterocycles. The van der Waals surface area contributed by atoms with Crippen LogP contribution < -0.4 is 4.90 Å². The predicted molar refractivity (Wildman–Crippen MR) is 96.2 cm³/mol. The van der Waals surface area contributed by atoms with Crippen LogP contribution in [0.15, 0.2) is 40.8 Å². The van der Waals surface area contributed by atoms with E-state index in [1.165, 1.54) is 39.0 Å². The van der Waals surface area contributed by atoms with Crippen molar-refractivity contribution in [3.8, 4) is 0 Å². The lowest BCUT2D eigenvalue weighted by Crippen LogP contribution is -3.14. The summed E-state index contributed by atoms with van der Waals surface area (Å²) < 4.78 is 32.0. The molecule has 1 aromatic rings. The highest BCUT2D eigenvalue weighted by Gasteiger charge is 2.30. The third-order valence-corrected chi connectivity index (χ3v) is 6.14. The first-order chi connectivity index (χ1) is 11.8. The minimum atomic E-state index is -3.52. The van der Waals surface area contributed by atoms with Gasteiger partial charge in [0.1, 0.15) is 0 Å². The van der Waals surface area contributed by atoms with Gasteiger partial charge in [0.25, 0.3) is 0 Å². The van der Waals surface area contributed by atoms with Gasteiger partial charge in [0, 0.05) is 0 Å². The monoisotopic (exact) mass is 367 g/mol. The second-order valence-corrected chi connectivity index (χ2v) is 8.32. The molecule has 25 heavy (non-hydrogen) atoms. The van der Waals surface area contributed by atoms with Gasteiger partial charge in [-0.15, -0.1) is 0 Å². The second kappa shape index (κ2) is 8.60. The zero-order valence-corrected chi connectivity index (χ0v) is 15.9. The predicted octanol–water partition coefficient (Wildman–Crippen LogP) is 0.719. The van der Waals surface area contributed by atoms with Gasteiger partial charge >= 0.3 is 5.97 Å². The number of rotatable bonds is 6. The summed E-state index contributed by atoms with van der Waals surface area (Å²) in [6, 6.07) is 5.95. The molecule has 1 saturated heterocycles. The average molecular weight is 367 g/mol. The van der Waals surface area contributed by atoms with Gasteiger partial charge in [-0.2, -0.15) is 4.31 Å². The number of nitrogens with one attached hydrogen (secondary N) is 1. The number of hydrogen-bond donors (Lipinski definition) is 1. The van der Waals surface area contributed by atoms with E-state index in [1.807, 2.05) is 0 Å². The average Bonchev–Trinajstić information content (AvgIpc) is 2.60. The van der Waals surface area contributed by atoms with Crippen LogP contribution in [0.5, 0.6) is 0 Å². The van der Waals surface area contributed by atoms with E-state index in [0.717, 1.165) is 19.6 Å². The molecule has 1 aliphatic heterocycles. The summed E-state index contributed by atoms with van der Waals surface area (Å²) >= 11 is 0. The Hall–Kier alpha value is -1.70. The molecule has 6 nitrogen and oxygen atoms in total. The molecule has 1 aromatic carbocycles. The fourth-order valence-electron chi connectivity index (χ4n) is 2.72. The van der Waals surface area contributed by atoms with Crippen LogP contribution in [0.2, 0.25) is 0 Å². The standard InChI is InChI=1S/C18H26N2O4S/c1-4-24-18(21)16-5-7-17(8-6-16)25(22,23)20-13-11-19(12-14-20)10-9-15(2)3/h5-9H,4,10-14H2,1-3H3/p+1. The number of allylic oxidation sites excluding steroid dienone is 1. The molecule has 1 aliphatic rings. The van der Waals surface area contributed by atoms with E-state index in [1.54, 1.807) is 6.92 Å². The summed E-state index contributed by atoms with van der Waals surface area (Å²) in [5.74, 6) is -0.442. The van der Waals surface area contributed by atoms with Crippen molar-refractivity contribution >= 4 is 16.0 Å². The number of hydrogen-bond acceptors (Lipinski definition) is 4. The van der Waals surface area contributed by atoms with Gasteiger partial charge < -0.3 is 9.64 Å². The second-order valence-electron chi connectivity index (χ2n) is 6.38. The van der Waals surface area contributed by atoms with Crippen LogP contribution in [0.1, 0.15) is 31.1 Å². The Kier molecular flexibility index (Phi) is 6.75. The van der Waals surface area contributed by atoms with Crippen molar-refractivity contribution in [3.63, 3.8) is 0 Å². The first-order valence-electron chi connectivity index (χ1n) is 8.59. The molecule has 0 unspecified atom stereocenters. The van der Waals surface area contributed by atoms with Crippen LogP contribution in [-0.4, -0.2) is 58.0 Å². The number of esters is 1. The molecule has 1 fully saturated rings. The van der Waals surface area contributed by atoms with Gasteiger partial charge in [-0.05, 0) is 51.1 Å². The van der Waals surface area contributed by atoms with Crippen molar-refractivity contribution in [1.82, 2.24) is 4.31 Å². The lowest BCUT2D eigenvalue weighted by molar-refractivity contribution is -0.897. The number of ether oxygens (including phenoxy) is 1. The lowest BCUT2D eigenvalue weighted by atomic mass is 10.2. The SMILES string of the molecule is CCOC(=O)c1ccc(S(=O)(=O)N2CC[NH+](CC=C(C)C)CC2)cc1. The normalized spacial score (nSPS) is 16.4. The fraction of sp³-hybridized carbons (Fsp3) is 0.500. The van der Waals surface area contributed by atoms with Crippen molar-refractivity contribution < 1.29 is 22.8 Å². The van der Waals surface area contributed by atoms with Crippen molar-refractivity contribution in [1.29, 1.82) is 0 Å². The summed E-state index contributed by atoms with van der Waals surface area (Å²) in [5, 5.41) is 0. The number of carbonyl (C=O) groups is 1. The first-order valence-corrected chi connectivity index (χ1v) is 10.0. The molecule has 138 valence electrons. The maximum Gasteiger partial charge on any atom is 0.338 e. The van der Waals surface area contributed by atoms with Gasteiger partial charge in [0.15, 0.2) is 0 Å². The van der Waals surface area contributed by atoms with E-state index in [4.69, 9.17) is 4.74 Å². The van der Waals surface area contributed by atoms with Crippen LogP contribution in [-0.2, 0) is 14.8 Å². The Morgan fingerprint density at radius 3 is 2.32 bits per heavy atom. The van der Waals surface area contributed by atoms with Crippen LogP contribution in [0.3, 0.4) is 0 Å². The van der Waals surface area contributed by atoms with Gasteiger partial charge in [-0.1, -0.05) is 5.57 Å². The number of carbonyl (C=O) groups excluding carboxylic acids is 1. The van der Waals surface area contributed by atoms with Crippen molar-refractivity contribution in [3.05, 3.63) is 41.5 Å². The van der Waals surface area contributed by atoms with E-state index in [2.05, 4.69) is 19.9 Å². The van der Waals surface area contributed by atoms with Gasteiger partial charge in [-0.25, -0.2) is 13.2 Å². The van der Waals surface area contributed by atoms with Gasteiger partial charge in [0.2, 0.25) is 10.0 Å². The Bertz CT molecular complexity index is 714. The molecule has 0 saturated carbocycles. The number of nitrogens with zero attached hydrogens (tertiary/aromatic N) is 1. The maximum absolute atomic E-state index is 12.8. The molecule has 7 heteroatoms. The largest absolute Gasteiger partial charge is 0.462 e. The number of benzene rings is 1. The Morgan fingerprint density at radius 2 is 1.80 bits per heavy atom. The summed E-state index contributed by atoms with van der Waals surface area (Å²) in [4.78, 5) is 13.3. The number of quaternary nitrogens is 1. The quantitative estimate of drug-likeness (QED) is 0.594. The molecule has 0 bridgehead atoms. The molecule has 0 aliphatic carbocycles. The highest BCUT2D eigenvalue weighted by molar-refractivity contribution is 7.89. The summed E-state index contributed by atoms with van der Waals surface area (Å²) in [6.07, 6.45) is 2.19. The van der Waals surface area contributed by atoms with Crippen LogP contribution >= 0.6 is 0 Å². The van der Waals surface area contributed by atoms with Crippen LogP contribution in [0.4, 0.5) is 0 Å². The Morgan fingerprint density at radius 1 is 1.20 bits per heavy atom. The zero-order valence-electron chi connectivity index (χ0n) is 15.1. The van der Waals surface area contributed by atoms with Crippen molar-refractivity contribution in [2.45, 2.75) is 25.7 Å². The van der Waals surface area contributed by atoms with Crippen LogP contribution in [0.25, 0.3) is 0 Å². The highest BCUT2D eigenvalue weighted by atomic mass is 32.2. The molecule has 1 N–H and O–H groups in total. The van der Waals surface area contributed by atoms with E-state index in [-0.39, 0.29) is 11.5 Å². The third kappa shape index (κ3) is 5.14. The fourth-order valence-corrected chi connectivity index (χ4v) is 4.16. The van der Waals surface area contributed by atoms with Crippen LogP contribution in [0, 0.1) is 0 Å². The van der Waals surface area contributed by atoms with E-state index in [9.17, 15) is 13.2 Å². The third-order valence-electron chi connectivity index (χ3n) is 4.23. The molecule has 2 rings (SSSR count). The summed E-state index contributed by atoms with van der Waals surface area (Å²) in [6.45, 7) is 9.70. The van der Waals surface area contributed by atoms with Gasteiger partial charge in [-0.3, -0.25) is 0 Å². The molecular weight excluding hydrogens is 340 g/mol. The molecular formula is C18H27N2O4S+. The van der Waals surface area contributed by atoms with Crippen molar-refractivity contribution in [2.75, 3.05) is 39.3 Å². The van der Waals surface area contributed by atoms with E-state index in [0.29, 0.717) is 18.7 Å². The smallest absolute Gasteiger partial charge is 0.338 e. The van der Waals surface area contributed by atoms with Crippen molar-refractivity contribution in [2.24, 2.45) is 0 Å². The van der Waals surface area contributed by atoms with E-state index >= 15 is 0 Å². The number of piperazine rings is 1. The first kappa shape index (κ1) is 19.6. The topological polar surface area (TPSA) is 68.1 Å². The minimum absolute atomic E-state index is 0.216. The Balaban J connectivity index is 2.02. The molecule has 1 heterocycles. The van der Waals surface area contributed by atoms with E-state index < -0.39 is 16.0 Å². The van der Waals surface area contributed by atoms with Gasteiger partial charge in [0.05, 0.1) is 49.8 Å². The number of sulfonamides is 1. The zero-order chi connectivity index (χ0) is 18.4. The minimum Gasteiger partial charge on any atom is -0.462 e. The summed E-state index contributed by atoms with van der Waals surface area (Å²) in [7, 11) is -3.52. The lowest BCUT2D eigenvalue weighted by Gasteiger charge is -2.31. The highest BCUT2D eigenvalue weighted by Crippen LogP contribution is 2.17. The molecule has 0 amide bonds. The summed E-state index contributed by atoms with van der Waals surface area (Å²) in [5.41, 5.74) is 1.64. The molecule has 0 radical (unpaired) electrons. The maximum atomic E-state index is 12.8. The molecule has 0 atom stereocenters. The Labute approximate surface area is 150 Å². The molecule has 0 spiro atoms.